The van der Waals surface area contributed by atoms with Crippen molar-refractivity contribution in [2.75, 3.05) is 33.9 Å². The van der Waals surface area contributed by atoms with E-state index < -0.39 is 0 Å². The van der Waals surface area contributed by atoms with Crippen LogP contribution in [0, 0.1) is 5.92 Å². The van der Waals surface area contributed by atoms with E-state index in [1.165, 1.54) is 5.56 Å². The molecule has 5 heteroatoms. The largest absolute Gasteiger partial charge is 0.497 e. The highest BCUT2D eigenvalue weighted by molar-refractivity contribution is 5.50. The van der Waals surface area contributed by atoms with Gasteiger partial charge in [0.1, 0.15) is 11.4 Å². The Morgan fingerprint density at radius 1 is 1.07 bits per heavy atom. The van der Waals surface area contributed by atoms with E-state index in [0.29, 0.717) is 5.92 Å². The van der Waals surface area contributed by atoms with E-state index in [0.717, 1.165) is 74.7 Å². The molecule has 5 rings (SSSR count). The Hall–Kier alpha value is -2.24. The summed E-state index contributed by atoms with van der Waals surface area (Å²) in [7, 11) is 3.44. The Bertz CT molecular complexity index is 890. The second-order valence-corrected chi connectivity index (χ2v) is 8.71. The van der Waals surface area contributed by atoms with Gasteiger partial charge in [-0.1, -0.05) is 24.3 Å². The summed E-state index contributed by atoms with van der Waals surface area (Å²) in [5, 5.41) is 0. The lowest BCUT2D eigenvalue weighted by molar-refractivity contribution is -0.150. The monoisotopic (exact) mass is 409 g/mol. The van der Waals surface area contributed by atoms with Crippen LogP contribution in [0.5, 0.6) is 17.2 Å². The standard InChI is InChI=1S/C25H31NO4/c1-27-19-7-3-6-18(16-19)17-26-13-11-25(12-14-26)21-9-5-15-29-23(21)20-8-4-10-22(28-2)24(20)30-25/h3-4,6-8,10,16,21,23H,5,9,11-15,17H2,1-2H3/t21-,23+/m0/s1. The van der Waals surface area contributed by atoms with E-state index in [-0.39, 0.29) is 11.7 Å². The first-order valence-corrected chi connectivity index (χ1v) is 11.1. The summed E-state index contributed by atoms with van der Waals surface area (Å²) in [6.45, 7) is 3.81. The van der Waals surface area contributed by atoms with Crippen LogP contribution in [0.1, 0.15) is 42.9 Å². The highest BCUT2D eigenvalue weighted by Gasteiger charge is 2.53. The number of piperidine rings is 1. The molecule has 2 fully saturated rings. The number of fused-ring (bicyclic) bond motifs is 4. The van der Waals surface area contributed by atoms with Gasteiger partial charge in [0.2, 0.25) is 0 Å². The molecule has 0 bridgehead atoms. The van der Waals surface area contributed by atoms with Gasteiger partial charge in [0.15, 0.2) is 11.5 Å². The van der Waals surface area contributed by atoms with Crippen LogP contribution in [0.15, 0.2) is 42.5 Å². The summed E-state index contributed by atoms with van der Waals surface area (Å²) in [4.78, 5) is 2.53. The smallest absolute Gasteiger partial charge is 0.167 e. The second-order valence-electron chi connectivity index (χ2n) is 8.71. The molecule has 0 saturated carbocycles. The lowest BCUT2D eigenvalue weighted by atomic mass is 9.70. The van der Waals surface area contributed by atoms with Gasteiger partial charge >= 0.3 is 0 Å². The zero-order valence-corrected chi connectivity index (χ0v) is 17.9. The molecule has 0 aromatic heterocycles. The Morgan fingerprint density at radius 2 is 1.90 bits per heavy atom. The third-order valence-corrected chi connectivity index (χ3v) is 7.08. The molecule has 0 N–H and O–H groups in total. The van der Waals surface area contributed by atoms with Crippen LogP contribution in [0.3, 0.4) is 0 Å². The number of methoxy groups -OCH3 is 2. The number of hydrogen-bond acceptors (Lipinski definition) is 5. The topological polar surface area (TPSA) is 40.2 Å². The van der Waals surface area contributed by atoms with Crippen molar-refractivity contribution in [2.24, 2.45) is 5.92 Å². The summed E-state index contributed by atoms with van der Waals surface area (Å²) in [5.41, 5.74) is 2.28. The Kier molecular flexibility index (Phi) is 5.34. The fourth-order valence-electron chi connectivity index (χ4n) is 5.52. The normalized spacial score (nSPS) is 25.1. The Labute approximate surface area is 178 Å². The average molecular weight is 410 g/mol. The van der Waals surface area contributed by atoms with Gasteiger partial charge in [0.05, 0.1) is 20.3 Å². The van der Waals surface area contributed by atoms with Crippen LogP contribution in [0.25, 0.3) is 0 Å². The molecule has 30 heavy (non-hydrogen) atoms. The van der Waals surface area contributed by atoms with Gasteiger partial charge in [-0.15, -0.1) is 0 Å². The molecule has 2 aromatic carbocycles. The van der Waals surface area contributed by atoms with Gasteiger partial charge in [0, 0.05) is 50.6 Å². The fraction of sp³-hybridized carbons (Fsp3) is 0.520. The zero-order valence-electron chi connectivity index (χ0n) is 17.9. The van der Waals surface area contributed by atoms with Crippen LogP contribution in [-0.2, 0) is 11.3 Å². The summed E-state index contributed by atoms with van der Waals surface area (Å²) in [5.74, 6) is 3.04. The van der Waals surface area contributed by atoms with Crippen molar-refractivity contribution in [3.8, 4) is 17.2 Å². The lowest BCUT2D eigenvalue weighted by Gasteiger charge is -2.53. The third-order valence-electron chi connectivity index (χ3n) is 7.08. The molecule has 2 atom stereocenters. The minimum absolute atomic E-state index is 0.113. The van der Waals surface area contributed by atoms with Crippen molar-refractivity contribution in [1.29, 1.82) is 0 Å². The molecule has 0 amide bonds. The molecule has 5 nitrogen and oxygen atoms in total. The van der Waals surface area contributed by atoms with Crippen LogP contribution in [0.2, 0.25) is 0 Å². The van der Waals surface area contributed by atoms with E-state index in [9.17, 15) is 0 Å². The zero-order chi connectivity index (χ0) is 20.6. The minimum Gasteiger partial charge on any atom is -0.497 e. The number of benzene rings is 2. The van der Waals surface area contributed by atoms with Crippen LogP contribution in [0.4, 0.5) is 0 Å². The molecule has 3 aliphatic heterocycles. The first kappa shape index (κ1) is 19.7. The second kappa shape index (κ2) is 8.12. The summed E-state index contributed by atoms with van der Waals surface area (Å²) >= 11 is 0. The molecule has 0 radical (unpaired) electrons. The minimum atomic E-state index is -0.169. The number of likely N-dealkylation sites (tertiary alicyclic amines) is 1. The quantitative estimate of drug-likeness (QED) is 0.738. The summed E-state index contributed by atoms with van der Waals surface area (Å²) in [6.07, 6.45) is 4.41. The predicted octanol–water partition coefficient (Wildman–Crippen LogP) is 4.60. The van der Waals surface area contributed by atoms with Crippen molar-refractivity contribution in [3.05, 3.63) is 53.6 Å². The van der Waals surface area contributed by atoms with E-state index >= 15 is 0 Å². The van der Waals surface area contributed by atoms with Crippen LogP contribution < -0.4 is 14.2 Å². The van der Waals surface area contributed by atoms with E-state index in [4.69, 9.17) is 18.9 Å². The van der Waals surface area contributed by atoms with E-state index in [1.54, 1.807) is 14.2 Å². The van der Waals surface area contributed by atoms with Crippen molar-refractivity contribution in [3.63, 3.8) is 0 Å². The number of nitrogens with zero attached hydrogens (tertiary/aromatic N) is 1. The molecule has 3 heterocycles. The molecule has 2 saturated heterocycles. The highest BCUT2D eigenvalue weighted by atomic mass is 16.5. The van der Waals surface area contributed by atoms with Crippen molar-refractivity contribution in [1.82, 2.24) is 4.90 Å². The molecular weight excluding hydrogens is 378 g/mol. The van der Waals surface area contributed by atoms with E-state index in [2.05, 4.69) is 29.2 Å². The van der Waals surface area contributed by atoms with Crippen LogP contribution in [-0.4, -0.2) is 44.4 Å². The first-order valence-electron chi connectivity index (χ1n) is 11.1. The van der Waals surface area contributed by atoms with Gasteiger partial charge in [-0.2, -0.15) is 0 Å². The predicted molar refractivity (Wildman–Crippen MR) is 115 cm³/mol. The van der Waals surface area contributed by atoms with Gasteiger partial charge < -0.3 is 18.9 Å². The SMILES string of the molecule is COc1cccc(CN2CCC3(CC2)Oc2c(OC)cccc2[C@H]2OCCC[C@@H]23)c1. The first-order chi connectivity index (χ1) is 14.7. The molecule has 2 aromatic rings. The third kappa shape index (κ3) is 3.44. The molecule has 1 spiro atoms. The number of rotatable bonds is 4. The molecule has 160 valence electrons. The molecular formula is C25H31NO4. The Morgan fingerprint density at radius 3 is 2.70 bits per heavy atom. The molecule has 0 unspecified atom stereocenters. The van der Waals surface area contributed by atoms with Gasteiger partial charge in [-0.05, 0) is 36.6 Å². The Balaban J connectivity index is 1.37. The van der Waals surface area contributed by atoms with Gasteiger partial charge in [0.25, 0.3) is 0 Å². The van der Waals surface area contributed by atoms with Crippen molar-refractivity contribution >= 4 is 0 Å². The maximum atomic E-state index is 6.84. The lowest BCUT2D eigenvalue weighted by Crippen LogP contribution is -2.57. The van der Waals surface area contributed by atoms with Crippen molar-refractivity contribution in [2.45, 2.75) is 43.9 Å². The van der Waals surface area contributed by atoms with Crippen molar-refractivity contribution < 1.29 is 18.9 Å². The van der Waals surface area contributed by atoms with Gasteiger partial charge in [-0.25, -0.2) is 0 Å². The number of hydrogen-bond donors (Lipinski definition) is 0. The number of ether oxygens (including phenoxy) is 4. The van der Waals surface area contributed by atoms with Crippen LogP contribution >= 0.6 is 0 Å². The molecule has 3 aliphatic rings. The molecule has 0 aliphatic carbocycles. The highest BCUT2D eigenvalue weighted by Crippen LogP contribution is 2.55. The maximum absolute atomic E-state index is 6.84. The van der Waals surface area contributed by atoms with Gasteiger partial charge in [-0.3, -0.25) is 4.90 Å². The average Bonchev–Trinajstić information content (AvgIpc) is 2.81. The fourth-order valence-corrected chi connectivity index (χ4v) is 5.52. The summed E-state index contributed by atoms with van der Waals surface area (Å²) < 4.78 is 24.2. The van der Waals surface area contributed by atoms with E-state index in [1.807, 2.05) is 18.2 Å². The number of para-hydroxylation sites is 1. The maximum Gasteiger partial charge on any atom is 0.167 e. The summed E-state index contributed by atoms with van der Waals surface area (Å²) in [6, 6.07) is 14.6.